The molecule has 1 saturated carbocycles. The summed E-state index contributed by atoms with van der Waals surface area (Å²) in [5.74, 6) is 7.40. The minimum atomic E-state index is 0.312. The average Bonchev–Trinajstić information content (AvgIpc) is 2.48. The Kier molecular flexibility index (Phi) is 3.08. The Morgan fingerprint density at radius 2 is 1.60 bits per heavy atom. The first-order chi connectivity index (χ1) is 7.29. The van der Waals surface area contributed by atoms with E-state index in [1.165, 1.54) is 36.8 Å². The van der Waals surface area contributed by atoms with Crippen LogP contribution in [0, 0.1) is 0 Å². The van der Waals surface area contributed by atoms with Gasteiger partial charge in [-0.2, -0.15) is 0 Å². The van der Waals surface area contributed by atoms with Gasteiger partial charge in [-0.1, -0.05) is 32.1 Å². The lowest BCUT2D eigenvalue weighted by atomic mass is 9.91. The van der Waals surface area contributed by atoms with Crippen molar-refractivity contribution in [2.45, 2.75) is 50.9 Å². The lowest BCUT2D eigenvalue weighted by Gasteiger charge is -2.18. The van der Waals surface area contributed by atoms with Crippen LogP contribution in [-0.2, 0) is 0 Å². The zero-order valence-electron chi connectivity index (χ0n) is 9.02. The SMILES string of the molecule is Nc1nnc(C2CCCCCCC2)n1N. The lowest BCUT2D eigenvalue weighted by Crippen LogP contribution is -2.18. The molecule has 0 saturated heterocycles. The zero-order chi connectivity index (χ0) is 10.7. The fourth-order valence-corrected chi connectivity index (χ4v) is 2.31. The highest BCUT2D eigenvalue weighted by Crippen LogP contribution is 2.29. The summed E-state index contributed by atoms with van der Waals surface area (Å²) < 4.78 is 1.44. The maximum absolute atomic E-state index is 5.79. The van der Waals surface area contributed by atoms with Crippen molar-refractivity contribution >= 4 is 5.95 Å². The zero-order valence-corrected chi connectivity index (χ0v) is 9.02. The van der Waals surface area contributed by atoms with Crippen molar-refractivity contribution in [1.82, 2.24) is 14.9 Å². The molecule has 0 bridgehead atoms. The van der Waals surface area contributed by atoms with E-state index in [9.17, 15) is 0 Å². The van der Waals surface area contributed by atoms with Crippen LogP contribution in [0.1, 0.15) is 56.7 Å². The summed E-state index contributed by atoms with van der Waals surface area (Å²) in [5.41, 5.74) is 5.58. The van der Waals surface area contributed by atoms with Gasteiger partial charge >= 0.3 is 0 Å². The van der Waals surface area contributed by atoms with Gasteiger partial charge in [0, 0.05) is 5.92 Å². The number of nitrogen functional groups attached to an aromatic ring is 2. The second-order valence-corrected chi connectivity index (χ2v) is 4.33. The van der Waals surface area contributed by atoms with Crippen LogP contribution in [0.5, 0.6) is 0 Å². The van der Waals surface area contributed by atoms with Crippen LogP contribution >= 0.6 is 0 Å². The van der Waals surface area contributed by atoms with Gasteiger partial charge in [0.2, 0.25) is 5.95 Å². The van der Waals surface area contributed by atoms with Crippen molar-refractivity contribution in [3.63, 3.8) is 0 Å². The van der Waals surface area contributed by atoms with E-state index in [1.54, 1.807) is 0 Å². The summed E-state index contributed by atoms with van der Waals surface area (Å²) in [6.45, 7) is 0. The summed E-state index contributed by atoms with van der Waals surface area (Å²) in [7, 11) is 0. The minimum absolute atomic E-state index is 0.312. The third-order valence-electron chi connectivity index (χ3n) is 3.22. The first kappa shape index (κ1) is 10.3. The second kappa shape index (κ2) is 4.51. The molecule has 0 amide bonds. The van der Waals surface area contributed by atoms with Crippen molar-refractivity contribution in [1.29, 1.82) is 0 Å². The topological polar surface area (TPSA) is 82.8 Å². The molecule has 1 heterocycles. The van der Waals surface area contributed by atoms with E-state index in [0.717, 1.165) is 18.7 Å². The van der Waals surface area contributed by atoms with E-state index in [2.05, 4.69) is 10.2 Å². The molecule has 0 unspecified atom stereocenters. The number of hydrogen-bond donors (Lipinski definition) is 2. The molecule has 1 aromatic rings. The molecule has 84 valence electrons. The van der Waals surface area contributed by atoms with Crippen molar-refractivity contribution in [3.8, 4) is 0 Å². The molecule has 1 aliphatic rings. The summed E-state index contributed by atoms with van der Waals surface area (Å²) in [6, 6.07) is 0. The Balaban J connectivity index is 2.10. The molecular weight excluding hydrogens is 190 g/mol. The van der Waals surface area contributed by atoms with Crippen molar-refractivity contribution in [3.05, 3.63) is 5.82 Å². The van der Waals surface area contributed by atoms with Crippen LogP contribution in [0.3, 0.4) is 0 Å². The normalized spacial score (nSPS) is 19.7. The molecule has 5 heteroatoms. The molecule has 0 aromatic carbocycles. The van der Waals surface area contributed by atoms with Crippen LogP contribution in [-0.4, -0.2) is 14.9 Å². The summed E-state index contributed by atoms with van der Waals surface area (Å²) in [6.07, 6.45) is 8.86. The first-order valence-corrected chi connectivity index (χ1v) is 5.75. The van der Waals surface area contributed by atoms with E-state index in [-0.39, 0.29) is 0 Å². The second-order valence-electron chi connectivity index (χ2n) is 4.33. The number of hydrogen-bond acceptors (Lipinski definition) is 4. The molecule has 1 fully saturated rings. The molecule has 1 aromatic heterocycles. The van der Waals surface area contributed by atoms with Gasteiger partial charge in [0.05, 0.1) is 0 Å². The Hall–Kier alpha value is -1.26. The Bertz CT molecular complexity index is 312. The third-order valence-corrected chi connectivity index (χ3v) is 3.22. The minimum Gasteiger partial charge on any atom is -0.366 e. The van der Waals surface area contributed by atoms with Crippen LogP contribution in [0.25, 0.3) is 0 Å². The fourth-order valence-electron chi connectivity index (χ4n) is 2.31. The van der Waals surface area contributed by atoms with E-state index >= 15 is 0 Å². The molecule has 2 rings (SSSR count). The van der Waals surface area contributed by atoms with Crippen molar-refractivity contribution in [2.75, 3.05) is 11.6 Å². The van der Waals surface area contributed by atoms with Crippen molar-refractivity contribution in [2.24, 2.45) is 0 Å². The highest BCUT2D eigenvalue weighted by molar-refractivity contribution is 5.19. The number of rotatable bonds is 1. The van der Waals surface area contributed by atoms with E-state index in [0.29, 0.717) is 11.9 Å². The van der Waals surface area contributed by atoms with Gasteiger partial charge in [-0.15, -0.1) is 10.2 Å². The molecule has 0 atom stereocenters. The molecule has 1 aliphatic carbocycles. The monoisotopic (exact) mass is 209 g/mol. The number of nitrogens with two attached hydrogens (primary N) is 2. The van der Waals surface area contributed by atoms with E-state index < -0.39 is 0 Å². The maximum atomic E-state index is 5.79. The Labute approximate surface area is 89.8 Å². The van der Waals surface area contributed by atoms with Crippen LogP contribution in [0.15, 0.2) is 0 Å². The quantitative estimate of drug-likeness (QED) is 0.685. The number of nitrogens with zero attached hydrogens (tertiary/aromatic N) is 3. The largest absolute Gasteiger partial charge is 0.366 e. The van der Waals surface area contributed by atoms with Gasteiger partial charge in [0.15, 0.2) is 5.82 Å². The average molecular weight is 209 g/mol. The maximum Gasteiger partial charge on any atom is 0.240 e. The van der Waals surface area contributed by atoms with Gasteiger partial charge < -0.3 is 11.6 Å². The number of anilines is 1. The van der Waals surface area contributed by atoms with Crippen LogP contribution < -0.4 is 11.6 Å². The smallest absolute Gasteiger partial charge is 0.240 e. The summed E-state index contributed by atoms with van der Waals surface area (Å²) >= 11 is 0. The predicted molar refractivity (Wildman–Crippen MR) is 59.6 cm³/mol. The molecule has 4 N–H and O–H groups in total. The highest BCUT2D eigenvalue weighted by atomic mass is 15.4. The van der Waals surface area contributed by atoms with Gasteiger partial charge in [-0.25, -0.2) is 4.68 Å². The van der Waals surface area contributed by atoms with Gasteiger partial charge in [0.25, 0.3) is 0 Å². The summed E-state index contributed by atoms with van der Waals surface area (Å²) in [4.78, 5) is 0. The summed E-state index contributed by atoms with van der Waals surface area (Å²) in [5, 5.41) is 7.89. The molecule has 0 aliphatic heterocycles. The van der Waals surface area contributed by atoms with Crippen molar-refractivity contribution < 1.29 is 0 Å². The van der Waals surface area contributed by atoms with Crippen LogP contribution in [0.4, 0.5) is 5.95 Å². The standard InChI is InChI=1S/C10H19N5/c11-10-14-13-9(15(10)12)8-6-4-2-1-3-5-7-8/h8H,1-7,12H2,(H2,11,14). The molecule has 0 radical (unpaired) electrons. The van der Waals surface area contributed by atoms with E-state index in [1.807, 2.05) is 0 Å². The molecule has 5 nitrogen and oxygen atoms in total. The predicted octanol–water partition coefficient (Wildman–Crippen LogP) is 1.40. The lowest BCUT2D eigenvalue weighted by molar-refractivity contribution is 0.437. The first-order valence-electron chi connectivity index (χ1n) is 5.75. The van der Waals surface area contributed by atoms with Gasteiger partial charge in [0.1, 0.15) is 0 Å². The molecular formula is C10H19N5. The highest BCUT2D eigenvalue weighted by Gasteiger charge is 2.19. The van der Waals surface area contributed by atoms with Gasteiger partial charge in [-0.3, -0.25) is 0 Å². The van der Waals surface area contributed by atoms with Crippen LogP contribution in [0.2, 0.25) is 0 Å². The number of aromatic nitrogens is 3. The molecule has 0 spiro atoms. The molecule has 15 heavy (non-hydrogen) atoms. The Morgan fingerprint density at radius 3 is 2.13 bits per heavy atom. The Morgan fingerprint density at radius 1 is 1.00 bits per heavy atom. The van der Waals surface area contributed by atoms with Gasteiger partial charge in [-0.05, 0) is 12.8 Å². The van der Waals surface area contributed by atoms with E-state index in [4.69, 9.17) is 11.6 Å². The third kappa shape index (κ3) is 2.22. The fraction of sp³-hybridized carbons (Fsp3) is 0.800.